The number of nitrogens with one attached hydrogen (secondary N) is 1. The summed E-state index contributed by atoms with van der Waals surface area (Å²) in [5.74, 6) is -0.504. The minimum Gasteiger partial charge on any atom is -0.358 e. The van der Waals surface area contributed by atoms with E-state index in [4.69, 9.17) is 0 Å². The fourth-order valence-electron chi connectivity index (χ4n) is 2.82. The van der Waals surface area contributed by atoms with Gasteiger partial charge in [0.25, 0.3) is 11.1 Å². The molecule has 3 rings (SSSR count). The number of imidazole rings is 1. The van der Waals surface area contributed by atoms with Crippen molar-refractivity contribution in [1.82, 2.24) is 19.8 Å². The Morgan fingerprint density at radius 1 is 1.27 bits per heavy atom. The zero-order chi connectivity index (χ0) is 21.7. The summed E-state index contributed by atoms with van der Waals surface area (Å²) in [6.45, 7) is 2.05. The molecule has 0 aliphatic carbocycles. The zero-order valence-electron chi connectivity index (χ0n) is 16.1. The van der Waals surface area contributed by atoms with Crippen LogP contribution < -0.4 is 5.32 Å². The van der Waals surface area contributed by atoms with Gasteiger partial charge in [0.05, 0.1) is 4.91 Å². The molecule has 0 atom stereocenters. The van der Waals surface area contributed by atoms with Gasteiger partial charge in [0.15, 0.2) is 0 Å². The van der Waals surface area contributed by atoms with Crippen LogP contribution >= 0.6 is 11.8 Å². The van der Waals surface area contributed by atoms with Gasteiger partial charge in [0, 0.05) is 33.0 Å². The molecule has 0 unspecified atom stereocenters. The molecule has 1 N–H and O–H groups in total. The van der Waals surface area contributed by atoms with Crippen molar-refractivity contribution in [2.45, 2.75) is 19.9 Å². The quantitative estimate of drug-likeness (QED) is 0.387. The lowest BCUT2D eigenvalue weighted by Gasteiger charge is -2.13. The summed E-state index contributed by atoms with van der Waals surface area (Å²) in [6.07, 6.45) is 3.03. The van der Waals surface area contributed by atoms with Gasteiger partial charge in [0.1, 0.15) is 6.20 Å². The normalized spacial score (nSPS) is 15.1. The summed E-state index contributed by atoms with van der Waals surface area (Å²) in [4.78, 5) is 52.0. The maximum Gasteiger partial charge on any atom is 0.381 e. The number of amides is 3. The average molecular weight is 429 g/mol. The van der Waals surface area contributed by atoms with E-state index >= 15 is 0 Å². The molecule has 1 aliphatic heterocycles. The molecule has 1 saturated heterocycles. The van der Waals surface area contributed by atoms with Crippen LogP contribution in [0, 0.1) is 17.0 Å². The monoisotopic (exact) mass is 429 g/mol. The second-order valence-corrected chi connectivity index (χ2v) is 7.43. The Balaban J connectivity index is 1.47. The van der Waals surface area contributed by atoms with Crippen molar-refractivity contribution < 1.29 is 19.3 Å². The first-order chi connectivity index (χ1) is 14.3. The molecule has 0 saturated carbocycles. The molecule has 1 fully saturated rings. The van der Waals surface area contributed by atoms with E-state index in [1.54, 1.807) is 13.0 Å². The van der Waals surface area contributed by atoms with Crippen LogP contribution in [0.15, 0.2) is 41.4 Å². The van der Waals surface area contributed by atoms with Crippen molar-refractivity contribution >= 4 is 40.7 Å². The molecule has 11 heteroatoms. The highest BCUT2D eigenvalue weighted by atomic mass is 32.2. The number of hydrogen-bond acceptors (Lipinski definition) is 7. The highest BCUT2D eigenvalue weighted by Crippen LogP contribution is 2.31. The van der Waals surface area contributed by atoms with Gasteiger partial charge in [-0.05, 0) is 33.3 Å². The minimum absolute atomic E-state index is 0.0676. The fraction of sp³-hybridized carbons (Fsp3) is 0.263. The Bertz CT molecular complexity index is 1020. The highest BCUT2D eigenvalue weighted by Gasteiger charge is 2.34. The van der Waals surface area contributed by atoms with Gasteiger partial charge >= 0.3 is 5.82 Å². The van der Waals surface area contributed by atoms with E-state index in [0.29, 0.717) is 10.7 Å². The zero-order valence-corrected chi connectivity index (χ0v) is 16.9. The summed E-state index contributed by atoms with van der Waals surface area (Å²) in [7, 11) is 0. The lowest BCUT2D eigenvalue weighted by atomic mass is 10.2. The molecule has 1 aromatic carbocycles. The maximum atomic E-state index is 12.4. The van der Waals surface area contributed by atoms with Crippen molar-refractivity contribution in [2.24, 2.45) is 0 Å². The Labute approximate surface area is 176 Å². The number of aryl methyl sites for hydroxylation is 2. The average Bonchev–Trinajstić information content (AvgIpc) is 3.21. The number of benzene rings is 1. The molecular formula is C19H19N5O5S. The first-order valence-electron chi connectivity index (χ1n) is 9.10. The predicted octanol–water partition coefficient (Wildman–Crippen LogP) is 2.34. The third kappa shape index (κ3) is 5.11. The van der Waals surface area contributed by atoms with Gasteiger partial charge in [-0.15, -0.1) is 0 Å². The van der Waals surface area contributed by atoms with Gasteiger partial charge in [-0.25, -0.2) is 0 Å². The Kier molecular flexibility index (Phi) is 6.62. The molecule has 156 valence electrons. The molecule has 1 aliphatic rings. The number of imide groups is 1. The van der Waals surface area contributed by atoms with Crippen LogP contribution in [0.5, 0.6) is 0 Å². The third-order valence-electron chi connectivity index (χ3n) is 4.36. The van der Waals surface area contributed by atoms with Crippen LogP contribution in [-0.2, 0) is 16.1 Å². The Morgan fingerprint density at radius 3 is 2.67 bits per heavy atom. The minimum atomic E-state index is -0.591. The standard InChI is InChI=1S/C19H19N5O5S/c1-13-21-16(24(28)29)12-22(13)9-7-17(25)20-8-10-23-18(26)15(30-19(23)27)11-14-5-3-2-4-6-14/h2-6,11-12H,7-10H2,1H3,(H,20,25)/b15-11+. The van der Waals surface area contributed by atoms with E-state index in [1.807, 2.05) is 30.3 Å². The highest BCUT2D eigenvalue weighted by molar-refractivity contribution is 8.18. The molecule has 1 aromatic heterocycles. The number of carbonyl (C=O) groups excluding carboxylic acids is 3. The van der Waals surface area contributed by atoms with Crippen LogP contribution in [-0.4, -0.2) is 49.5 Å². The van der Waals surface area contributed by atoms with Gasteiger partial charge < -0.3 is 20.0 Å². The van der Waals surface area contributed by atoms with Crippen molar-refractivity contribution in [3.63, 3.8) is 0 Å². The molecule has 2 aromatic rings. The van der Waals surface area contributed by atoms with Crippen LogP contribution in [0.4, 0.5) is 10.6 Å². The number of aromatic nitrogens is 2. The van der Waals surface area contributed by atoms with Gasteiger partial charge in [-0.1, -0.05) is 30.3 Å². The smallest absolute Gasteiger partial charge is 0.358 e. The molecule has 0 spiro atoms. The summed E-state index contributed by atoms with van der Waals surface area (Å²) < 4.78 is 1.53. The van der Waals surface area contributed by atoms with Crippen LogP contribution in [0.2, 0.25) is 0 Å². The second kappa shape index (κ2) is 9.35. The predicted molar refractivity (Wildman–Crippen MR) is 110 cm³/mol. The van der Waals surface area contributed by atoms with E-state index in [-0.39, 0.29) is 48.9 Å². The first-order valence-corrected chi connectivity index (χ1v) is 9.92. The van der Waals surface area contributed by atoms with E-state index in [1.165, 1.54) is 10.8 Å². The number of nitro groups is 1. The van der Waals surface area contributed by atoms with Crippen LogP contribution in [0.3, 0.4) is 0 Å². The van der Waals surface area contributed by atoms with E-state index in [2.05, 4.69) is 10.3 Å². The van der Waals surface area contributed by atoms with Crippen LogP contribution in [0.25, 0.3) is 6.08 Å². The molecule has 0 radical (unpaired) electrons. The van der Waals surface area contributed by atoms with Crippen LogP contribution in [0.1, 0.15) is 17.8 Å². The van der Waals surface area contributed by atoms with Gasteiger partial charge in [-0.3, -0.25) is 19.3 Å². The van der Waals surface area contributed by atoms with E-state index in [0.717, 1.165) is 22.2 Å². The first kappa shape index (κ1) is 21.2. The van der Waals surface area contributed by atoms with Gasteiger partial charge in [0.2, 0.25) is 11.7 Å². The topological polar surface area (TPSA) is 127 Å². The molecule has 3 amide bonds. The maximum absolute atomic E-state index is 12.4. The number of carbonyl (C=O) groups is 3. The lowest BCUT2D eigenvalue weighted by molar-refractivity contribution is -0.389. The molecule has 30 heavy (non-hydrogen) atoms. The molecular weight excluding hydrogens is 410 g/mol. The third-order valence-corrected chi connectivity index (χ3v) is 5.27. The summed E-state index contributed by atoms with van der Waals surface area (Å²) in [5.41, 5.74) is 0.825. The Morgan fingerprint density at radius 2 is 2.00 bits per heavy atom. The van der Waals surface area contributed by atoms with Gasteiger partial charge in [-0.2, -0.15) is 0 Å². The fourth-order valence-corrected chi connectivity index (χ4v) is 3.68. The summed E-state index contributed by atoms with van der Waals surface area (Å²) >= 11 is 0.870. The number of nitrogens with zero attached hydrogens (tertiary/aromatic N) is 4. The van der Waals surface area contributed by atoms with E-state index in [9.17, 15) is 24.5 Å². The van der Waals surface area contributed by atoms with E-state index < -0.39 is 4.92 Å². The van der Waals surface area contributed by atoms with Crippen molar-refractivity contribution in [1.29, 1.82) is 0 Å². The molecule has 10 nitrogen and oxygen atoms in total. The second-order valence-electron chi connectivity index (χ2n) is 6.44. The molecule has 2 heterocycles. The Hall–Kier alpha value is -3.47. The number of rotatable bonds is 8. The molecule has 0 bridgehead atoms. The lowest BCUT2D eigenvalue weighted by Crippen LogP contribution is -2.37. The summed E-state index contributed by atoms with van der Waals surface area (Å²) in [5, 5.41) is 13.0. The number of hydrogen-bond donors (Lipinski definition) is 1. The van der Waals surface area contributed by atoms with Crippen molar-refractivity contribution in [2.75, 3.05) is 13.1 Å². The van der Waals surface area contributed by atoms with Crippen molar-refractivity contribution in [3.8, 4) is 0 Å². The largest absolute Gasteiger partial charge is 0.381 e. The SMILES string of the molecule is Cc1nc([N+](=O)[O-])cn1CCC(=O)NCCN1C(=O)S/C(=C/c2ccccc2)C1=O. The van der Waals surface area contributed by atoms with Crippen molar-refractivity contribution in [3.05, 3.63) is 62.9 Å². The summed E-state index contributed by atoms with van der Waals surface area (Å²) in [6, 6.07) is 9.22. The number of thioether (sulfide) groups is 1.